The van der Waals surface area contributed by atoms with Gasteiger partial charge in [-0.1, -0.05) is 23.7 Å². The molecule has 0 bridgehead atoms. The Hall–Kier alpha value is -2.08. The molecule has 5 nitrogen and oxygen atoms in total. The largest absolute Gasteiger partial charge is 0.393 e. The van der Waals surface area contributed by atoms with Gasteiger partial charge in [0.1, 0.15) is 11.5 Å². The number of nitrogens with two attached hydrogens (primary N) is 1. The summed E-state index contributed by atoms with van der Waals surface area (Å²) in [4.78, 5) is 24.1. The lowest BCUT2D eigenvalue weighted by Gasteiger charge is -2.11. The highest BCUT2D eigenvalue weighted by Gasteiger charge is 2.12. The van der Waals surface area contributed by atoms with E-state index in [1.54, 1.807) is 13.0 Å². The first-order valence-corrected chi connectivity index (χ1v) is 6.36. The normalized spacial score (nSPS) is 10.8. The molecule has 0 saturated heterocycles. The number of benzene rings is 1. The smallest absolute Gasteiger partial charge is 0.331 e. The number of nitrogen functional groups attached to an aromatic ring is 1. The first-order chi connectivity index (χ1) is 9.45. The van der Waals surface area contributed by atoms with E-state index >= 15 is 0 Å². The van der Waals surface area contributed by atoms with E-state index < -0.39 is 17.1 Å². The van der Waals surface area contributed by atoms with Crippen LogP contribution in [-0.2, 0) is 13.1 Å². The van der Waals surface area contributed by atoms with E-state index in [-0.39, 0.29) is 17.3 Å². The average molecular weight is 298 g/mol. The molecule has 20 heavy (non-hydrogen) atoms. The molecule has 0 spiro atoms. The molecule has 2 aromatic rings. The Bertz CT molecular complexity index is 767. The van der Waals surface area contributed by atoms with E-state index in [1.807, 2.05) is 0 Å². The van der Waals surface area contributed by atoms with Crippen LogP contribution in [0.5, 0.6) is 0 Å². The molecule has 0 aliphatic carbocycles. The summed E-state index contributed by atoms with van der Waals surface area (Å²) in [6.07, 6.45) is 1.30. The Morgan fingerprint density at radius 3 is 2.70 bits per heavy atom. The van der Waals surface area contributed by atoms with Gasteiger partial charge in [-0.2, -0.15) is 0 Å². The van der Waals surface area contributed by atoms with E-state index in [1.165, 1.54) is 22.9 Å². The van der Waals surface area contributed by atoms with E-state index in [0.717, 1.165) is 4.57 Å². The second-order valence-electron chi connectivity index (χ2n) is 4.26. The van der Waals surface area contributed by atoms with Crippen LogP contribution >= 0.6 is 11.6 Å². The summed E-state index contributed by atoms with van der Waals surface area (Å²) in [7, 11) is 0. The van der Waals surface area contributed by atoms with Crippen molar-refractivity contribution in [3.8, 4) is 0 Å². The lowest BCUT2D eigenvalue weighted by atomic mass is 10.2. The summed E-state index contributed by atoms with van der Waals surface area (Å²) < 4.78 is 15.6. The van der Waals surface area contributed by atoms with Crippen LogP contribution in [0.2, 0.25) is 5.02 Å². The average Bonchev–Trinajstić information content (AvgIpc) is 2.43. The van der Waals surface area contributed by atoms with Gasteiger partial charge in [-0.3, -0.25) is 13.9 Å². The quantitative estimate of drug-likeness (QED) is 0.932. The Balaban J connectivity index is 2.60. The lowest BCUT2D eigenvalue weighted by Crippen LogP contribution is -2.40. The highest BCUT2D eigenvalue weighted by Crippen LogP contribution is 2.19. The molecule has 0 fully saturated rings. The van der Waals surface area contributed by atoms with Crippen molar-refractivity contribution in [2.24, 2.45) is 0 Å². The van der Waals surface area contributed by atoms with Crippen molar-refractivity contribution in [3.63, 3.8) is 0 Å². The van der Waals surface area contributed by atoms with Gasteiger partial charge in [-0.05, 0) is 18.6 Å². The molecule has 0 amide bonds. The summed E-state index contributed by atoms with van der Waals surface area (Å²) in [6.45, 7) is 2.00. The number of anilines is 1. The Morgan fingerprint density at radius 1 is 1.35 bits per heavy atom. The van der Waals surface area contributed by atoms with Crippen LogP contribution in [0.25, 0.3) is 0 Å². The summed E-state index contributed by atoms with van der Waals surface area (Å²) >= 11 is 5.83. The molecule has 0 aliphatic rings. The van der Waals surface area contributed by atoms with Crippen LogP contribution < -0.4 is 17.0 Å². The van der Waals surface area contributed by atoms with E-state index in [4.69, 9.17) is 17.3 Å². The van der Waals surface area contributed by atoms with Gasteiger partial charge in [0.05, 0.1) is 11.6 Å². The number of hydrogen-bond acceptors (Lipinski definition) is 3. The van der Waals surface area contributed by atoms with Crippen LogP contribution in [0.4, 0.5) is 10.1 Å². The minimum absolute atomic E-state index is 0.0426. The number of hydrogen-bond donors (Lipinski definition) is 1. The van der Waals surface area contributed by atoms with Crippen molar-refractivity contribution in [2.45, 2.75) is 20.0 Å². The molecular weight excluding hydrogens is 285 g/mol. The van der Waals surface area contributed by atoms with Crippen molar-refractivity contribution in [2.75, 3.05) is 5.73 Å². The van der Waals surface area contributed by atoms with Gasteiger partial charge in [0.15, 0.2) is 0 Å². The van der Waals surface area contributed by atoms with Crippen molar-refractivity contribution < 1.29 is 4.39 Å². The van der Waals surface area contributed by atoms with Crippen molar-refractivity contribution in [1.82, 2.24) is 9.13 Å². The van der Waals surface area contributed by atoms with Gasteiger partial charge in [-0.15, -0.1) is 0 Å². The van der Waals surface area contributed by atoms with Gasteiger partial charge >= 0.3 is 5.69 Å². The van der Waals surface area contributed by atoms with Crippen molar-refractivity contribution in [1.29, 1.82) is 0 Å². The number of rotatable bonds is 3. The fraction of sp³-hybridized carbons (Fsp3) is 0.231. The molecule has 7 heteroatoms. The monoisotopic (exact) mass is 297 g/mol. The molecule has 1 aromatic heterocycles. The van der Waals surface area contributed by atoms with E-state index in [9.17, 15) is 14.0 Å². The molecule has 0 unspecified atom stereocenters. The fourth-order valence-corrected chi connectivity index (χ4v) is 2.07. The second kappa shape index (κ2) is 5.50. The zero-order valence-corrected chi connectivity index (χ0v) is 11.5. The van der Waals surface area contributed by atoms with E-state index in [2.05, 4.69) is 0 Å². The highest BCUT2D eigenvalue weighted by atomic mass is 35.5. The maximum Gasteiger partial charge on any atom is 0.331 e. The Morgan fingerprint density at radius 2 is 2.05 bits per heavy atom. The zero-order chi connectivity index (χ0) is 14.9. The van der Waals surface area contributed by atoms with Crippen LogP contribution in [-0.4, -0.2) is 9.13 Å². The third-order valence-electron chi connectivity index (χ3n) is 2.96. The number of aryl methyl sites for hydroxylation is 1. The van der Waals surface area contributed by atoms with Gasteiger partial charge < -0.3 is 5.73 Å². The second-order valence-corrected chi connectivity index (χ2v) is 4.64. The van der Waals surface area contributed by atoms with Crippen LogP contribution in [0.1, 0.15) is 12.5 Å². The summed E-state index contributed by atoms with van der Waals surface area (Å²) in [5.41, 5.74) is 4.77. The topological polar surface area (TPSA) is 70.0 Å². The third kappa shape index (κ3) is 2.46. The van der Waals surface area contributed by atoms with Crippen LogP contribution in [0, 0.1) is 5.82 Å². The molecule has 2 N–H and O–H groups in total. The fourth-order valence-electron chi connectivity index (χ4n) is 1.88. The molecule has 0 aliphatic heterocycles. The molecular formula is C13H13ClFN3O2. The summed E-state index contributed by atoms with van der Waals surface area (Å²) in [6, 6.07) is 4.22. The first kappa shape index (κ1) is 14.3. The molecule has 0 atom stereocenters. The first-order valence-electron chi connectivity index (χ1n) is 5.98. The predicted molar refractivity (Wildman–Crippen MR) is 75.6 cm³/mol. The maximum absolute atomic E-state index is 13.4. The summed E-state index contributed by atoms with van der Waals surface area (Å²) in [5.74, 6) is -0.600. The van der Waals surface area contributed by atoms with Crippen molar-refractivity contribution >= 4 is 17.3 Å². The standard InChI is InChI=1S/C13H13ClFN3O2/c1-2-17-7-10(16)12(19)18(13(17)20)6-8-4-3-5-9(15)11(8)14/h3-5,7H,2,6,16H2,1H3. The maximum atomic E-state index is 13.4. The van der Waals surface area contributed by atoms with Gasteiger partial charge in [0, 0.05) is 12.7 Å². The van der Waals surface area contributed by atoms with Gasteiger partial charge in [0.2, 0.25) is 0 Å². The van der Waals surface area contributed by atoms with Crippen molar-refractivity contribution in [3.05, 3.63) is 61.6 Å². The lowest BCUT2D eigenvalue weighted by molar-refractivity contribution is 0.595. The van der Waals surface area contributed by atoms with Crippen LogP contribution in [0.3, 0.4) is 0 Å². The number of halogens is 2. The molecule has 0 radical (unpaired) electrons. The summed E-state index contributed by atoms with van der Waals surface area (Å²) in [5, 5.41) is -0.107. The minimum atomic E-state index is -0.611. The SMILES string of the molecule is CCn1cc(N)c(=O)n(Cc2cccc(F)c2Cl)c1=O. The predicted octanol–water partition coefficient (Wildman–Crippen LogP) is 1.45. The molecule has 2 rings (SSSR count). The minimum Gasteiger partial charge on any atom is -0.393 e. The van der Waals surface area contributed by atoms with E-state index in [0.29, 0.717) is 12.1 Å². The third-order valence-corrected chi connectivity index (χ3v) is 3.39. The Labute approximate surface area is 119 Å². The number of nitrogens with zero attached hydrogens (tertiary/aromatic N) is 2. The molecule has 106 valence electrons. The molecule has 1 aromatic carbocycles. The van der Waals surface area contributed by atoms with Gasteiger partial charge in [0.25, 0.3) is 5.56 Å². The zero-order valence-electron chi connectivity index (χ0n) is 10.8. The Kier molecular flexibility index (Phi) is 3.94. The van der Waals surface area contributed by atoms with Gasteiger partial charge in [-0.25, -0.2) is 9.18 Å². The highest BCUT2D eigenvalue weighted by molar-refractivity contribution is 6.31. The van der Waals surface area contributed by atoms with Crippen LogP contribution in [0.15, 0.2) is 34.0 Å². The number of aromatic nitrogens is 2. The molecule has 1 heterocycles. The molecule has 0 saturated carbocycles.